The Morgan fingerprint density at radius 3 is 2.80 bits per heavy atom. The minimum Gasteiger partial charge on any atom is -0.481 e. The second-order valence-electron chi connectivity index (χ2n) is 3.53. The van der Waals surface area contributed by atoms with Gasteiger partial charge in [0.05, 0.1) is 6.42 Å². The van der Waals surface area contributed by atoms with Crippen LogP contribution in [-0.4, -0.2) is 16.8 Å². The molecular formula is C12H16O2S. The van der Waals surface area contributed by atoms with Crippen molar-refractivity contribution in [1.29, 1.82) is 0 Å². The van der Waals surface area contributed by atoms with Crippen molar-refractivity contribution >= 4 is 17.7 Å². The lowest BCUT2D eigenvalue weighted by molar-refractivity contribution is -0.136. The third-order valence-corrected chi connectivity index (χ3v) is 3.34. The molecule has 3 heteroatoms. The number of hydrogen-bond donors (Lipinski definition) is 1. The number of aliphatic carboxylic acids is 1. The van der Waals surface area contributed by atoms with Crippen molar-refractivity contribution in [1.82, 2.24) is 0 Å². The van der Waals surface area contributed by atoms with Crippen molar-refractivity contribution in [2.75, 3.05) is 5.75 Å². The lowest BCUT2D eigenvalue weighted by Crippen LogP contribution is -2.02. The fraction of sp³-hybridized carbons (Fsp3) is 0.417. The average Bonchev–Trinajstić information content (AvgIpc) is 2.16. The summed E-state index contributed by atoms with van der Waals surface area (Å²) in [6, 6.07) is 6.02. The topological polar surface area (TPSA) is 37.3 Å². The van der Waals surface area contributed by atoms with E-state index in [1.54, 1.807) is 11.8 Å². The number of carbonyl (C=O) groups is 1. The van der Waals surface area contributed by atoms with Gasteiger partial charge in [-0.2, -0.15) is 0 Å². The Hall–Kier alpha value is -0.960. The number of aryl methyl sites for hydroxylation is 1. The van der Waals surface area contributed by atoms with Gasteiger partial charge < -0.3 is 5.11 Å². The predicted octanol–water partition coefficient (Wildman–Crippen LogP) is 3.12. The molecule has 0 amide bonds. The molecule has 1 rings (SSSR count). The number of carboxylic acid groups (broad SMARTS) is 1. The average molecular weight is 224 g/mol. The zero-order valence-electron chi connectivity index (χ0n) is 9.12. The highest BCUT2D eigenvalue weighted by Gasteiger charge is 2.07. The zero-order valence-corrected chi connectivity index (χ0v) is 9.93. The summed E-state index contributed by atoms with van der Waals surface area (Å²) in [6.07, 6.45) is 1.22. The zero-order chi connectivity index (χ0) is 11.3. The third-order valence-electron chi connectivity index (χ3n) is 2.02. The molecule has 0 fully saturated rings. The van der Waals surface area contributed by atoms with E-state index in [0.29, 0.717) is 0 Å². The van der Waals surface area contributed by atoms with E-state index >= 15 is 0 Å². The Balaban J connectivity index is 2.87. The quantitative estimate of drug-likeness (QED) is 0.781. The number of thioether (sulfide) groups is 1. The summed E-state index contributed by atoms with van der Waals surface area (Å²) in [5.74, 6) is 0.273. The SMILES string of the molecule is CCCSc1ccc(C)cc1CC(=O)O. The number of carboxylic acids is 1. The Morgan fingerprint density at radius 2 is 2.20 bits per heavy atom. The fourth-order valence-corrected chi connectivity index (χ4v) is 2.27. The summed E-state index contributed by atoms with van der Waals surface area (Å²) in [6.45, 7) is 4.11. The maximum Gasteiger partial charge on any atom is 0.307 e. The molecule has 82 valence electrons. The van der Waals surface area contributed by atoms with E-state index in [-0.39, 0.29) is 6.42 Å². The van der Waals surface area contributed by atoms with Crippen LogP contribution in [0.25, 0.3) is 0 Å². The molecule has 0 aliphatic carbocycles. The molecule has 0 spiro atoms. The molecule has 1 N–H and O–H groups in total. The van der Waals surface area contributed by atoms with Crippen LogP contribution in [0.4, 0.5) is 0 Å². The molecule has 0 unspecified atom stereocenters. The van der Waals surface area contributed by atoms with Gasteiger partial charge in [-0.15, -0.1) is 11.8 Å². The fourth-order valence-electron chi connectivity index (χ4n) is 1.36. The molecule has 0 atom stereocenters. The van der Waals surface area contributed by atoms with E-state index in [2.05, 4.69) is 6.92 Å². The molecule has 1 aromatic carbocycles. The number of benzene rings is 1. The lowest BCUT2D eigenvalue weighted by atomic mass is 10.1. The predicted molar refractivity (Wildman–Crippen MR) is 63.5 cm³/mol. The van der Waals surface area contributed by atoms with Crippen LogP contribution in [0, 0.1) is 6.92 Å². The van der Waals surface area contributed by atoms with E-state index in [1.807, 2.05) is 25.1 Å². The molecule has 15 heavy (non-hydrogen) atoms. The van der Waals surface area contributed by atoms with Crippen LogP contribution < -0.4 is 0 Å². The molecule has 0 aliphatic heterocycles. The largest absolute Gasteiger partial charge is 0.481 e. The Morgan fingerprint density at radius 1 is 1.47 bits per heavy atom. The van der Waals surface area contributed by atoms with Crippen molar-refractivity contribution in [2.45, 2.75) is 31.6 Å². The highest BCUT2D eigenvalue weighted by Crippen LogP contribution is 2.24. The summed E-state index contributed by atoms with van der Waals surface area (Å²) in [7, 11) is 0. The van der Waals surface area contributed by atoms with Gasteiger partial charge in [0.2, 0.25) is 0 Å². The standard InChI is InChI=1S/C12H16O2S/c1-3-6-15-11-5-4-9(2)7-10(11)8-12(13)14/h4-5,7H,3,6,8H2,1-2H3,(H,13,14). The molecule has 1 aromatic rings. The first kappa shape index (κ1) is 12.1. The van der Waals surface area contributed by atoms with Crippen LogP contribution in [0.2, 0.25) is 0 Å². The van der Waals surface area contributed by atoms with Crippen molar-refractivity contribution in [3.05, 3.63) is 29.3 Å². The van der Waals surface area contributed by atoms with Crippen molar-refractivity contribution < 1.29 is 9.90 Å². The van der Waals surface area contributed by atoms with Crippen LogP contribution >= 0.6 is 11.8 Å². The molecule has 0 heterocycles. The van der Waals surface area contributed by atoms with Gasteiger partial charge in [-0.05, 0) is 30.7 Å². The van der Waals surface area contributed by atoms with Crippen LogP contribution in [0.15, 0.2) is 23.1 Å². The monoisotopic (exact) mass is 224 g/mol. The van der Waals surface area contributed by atoms with Crippen LogP contribution in [-0.2, 0) is 11.2 Å². The van der Waals surface area contributed by atoms with E-state index in [0.717, 1.165) is 28.2 Å². The van der Waals surface area contributed by atoms with E-state index in [4.69, 9.17) is 5.11 Å². The van der Waals surface area contributed by atoms with E-state index in [1.165, 1.54) is 0 Å². The molecular weight excluding hydrogens is 208 g/mol. The van der Waals surface area contributed by atoms with Gasteiger partial charge in [0, 0.05) is 4.90 Å². The molecule has 0 aromatic heterocycles. The Bertz CT molecular complexity index is 347. The molecule has 0 saturated heterocycles. The molecule has 2 nitrogen and oxygen atoms in total. The summed E-state index contributed by atoms with van der Waals surface area (Å²) >= 11 is 1.73. The molecule has 0 bridgehead atoms. The minimum atomic E-state index is -0.765. The van der Waals surface area contributed by atoms with E-state index < -0.39 is 5.97 Å². The van der Waals surface area contributed by atoms with Crippen LogP contribution in [0.1, 0.15) is 24.5 Å². The maximum atomic E-state index is 10.7. The summed E-state index contributed by atoms with van der Waals surface area (Å²) in [4.78, 5) is 11.8. The first-order valence-electron chi connectivity index (χ1n) is 5.07. The van der Waals surface area contributed by atoms with Gasteiger partial charge in [0.1, 0.15) is 0 Å². The van der Waals surface area contributed by atoms with Gasteiger partial charge in [-0.25, -0.2) is 0 Å². The second kappa shape index (κ2) is 5.81. The first-order chi connectivity index (χ1) is 7.13. The highest BCUT2D eigenvalue weighted by molar-refractivity contribution is 7.99. The summed E-state index contributed by atoms with van der Waals surface area (Å²) in [5.41, 5.74) is 2.05. The van der Waals surface area contributed by atoms with E-state index in [9.17, 15) is 4.79 Å². The smallest absolute Gasteiger partial charge is 0.307 e. The molecule has 0 radical (unpaired) electrons. The van der Waals surface area contributed by atoms with Crippen molar-refractivity contribution in [3.63, 3.8) is 0 Å². The van der Waals surface area contributed by atoms with Crippen LogP contribution in [0.3, 0.4) is 0 Å². The second-order valence-corrected chi connectivity index (χ2v) is 4.67. The minimum absolute atomic E-state index is 0.119. The highest BCUT2D eigenvalue weighted by atomic mass is 32.2. The van der Waals surface area contributed by atoms with Crippen molar-refractivity contribution in [2.24, 2.45) is 0 Å². The normalized spacial score (nSPS) is 10.3. The lowest BCUT2D eigenvalue weighted by Gasteiger charge is -2.07. The third kappa shape index (κ3) is 3.96. The Labute approximate surface area is 94.7 Å². The first-order valence-corrected chi connectivity index (χ1v) is 6.06. The number of hydrogen-bond acceptors (Lipinski definition) is 2. The van der Waals surface area contributed by atoms with Crippen molar-refractivity contribution in [3.8, 4) is 0 Å². The van der Waals surface area contributed by atoms with Gasteiger partial charge in [-0.1, -0.05) is 24.6 Å². The summed E-state index contributed by atoms with van der Waals surface area (Å²) < 4.78 is 0. The maximum absolute atomic E-state index is 10.7. The van der Waals surface area contributed by atoms with Gasteiger partial charge in [0.25, 0.3) is 0 Å². The van der Waals surface area contributed by atoms with Crippen LogP contribution in [0.5, 0.6) is 0 Å². The van der Waals surface area contributed by atoms with Gasteiger partial charge in [-0.3, -0.25) is 4.79 Å². The number of rotatable bonds is 5. The Kier molecular flexibility index (Phi) is 4.69. The van der Waals surface area contributed by atoms with Gasteiger partial charge in [0.15, 0.2) is 0 Å². The molecule has 0 aliphatic rings. The summed E-state index contributed by atoms with van der Waals surface area (Å²) in [5, 5.41) is 8.80. The van der Waals surface area contributed by atoms with Gasteiger partial charge >= 0.3 is 5.97 Å². The molecule has 0 saturated carbocycles.